The van der Waals surface area contributed by atoms with Crippen molar-refractivity contribution in [1.29, 1.82) is 0 Å². The summed E-state index contributed by atoms with van der Waals surface area (Å²) in [7, 11) is 0. The van der Waals surface area contributed by atoms with E-state index in [0.29, 0.717) is 18.8 Å². The maximum absolute atomic E-state index is 12.3. The molecule has 0 aliphatic heterocycles. The molecule has 0 spiro atoms. The van der Waals surface area contributed by atoms with Gasteiger partial charge in [-0.15, -0.1) is 5.43 Å². The summed E-state index contributed by atoms with van der Waals surface area (Å²) in [5.74, 6) is -0.122. The molecule has 0 fully saturated rings. The second-order valence-electron chi connectivity index (χ2n) is 6.01. The van der Waals surface area contributed by atoms with Gasteiger partial charge in [0.15, 0.2) is 6.20 Å². The number of nitrogens with one attached hydrogen (secondary N) is 1. The zero-order valence-corrected chi connectivity index (χ0v) is 14.7. The van der Waals surface area contributed by atoms with Crippen LogP contribution >= 0.6 is 0 Å². The molecule has 0 saturated carbocycles. The summed E-state index contributed by atoms with van der Waals surface area (Å²) >= 11 is 0. The van der Waals surface area contributed by atoms with E-state index in [1.54, 1.807) is 16.8 Å². The zero-order chi connectivity index (χ0) is 18.0. The Kier molecular flexibility index (Phi) is 6.51. The van der Waals surface area contributed by atoms with Crippen LogP contribution in [0.25, 0.3) is 0 Å². The molecule has 4 nitrogen and oxygen atoms in total. The van der Waals surface area contributed by atoms with Crippen molar-refractivity contribution in [3.63, 3.8) is 0 Å². The highest BCUT2D eigenvalue weighted by atomic mass is 16.5. The van der Waals surface area contributed by atoms with Gasteiger partial charge < -0.3 is 4.74 Å². The van der Waals surface area contributed by atoms with Crippen LogP contribution in [0.3, 0.4) is 0 Å². The lowest BCUT2D eigenvalue weighted by molar-refractivity contribution is -0.649. The number of carbonyl (C=O) groups excluding carboxylic acids is 1. The van der Waals surface area contributed by atoms with Crippen LogP contribution in [0.4, 0.5) is 0 Å². The molecule has 1 amide bonds. The molecular weight excluding hydrogens is 324 g/mol. The van der Waals surface area contributed by atoms with Crippen LogP contribution in [0.2, 0.25) is 0 Å². The predicted molar refractivity (Wildman–Crippen MR) is 101 cm³/mol. The number of pyridine rings is 1. The number of rotatable bonds is 8. The maximum atomic E-state index is 12.3. The molecule has 2 aromatic carbocycles. The molecule has 0 radical (unpaired) electrons. The minimum absolute atomic E-state index is 0.122. The second kappa shape index (κ2) is 9.49. The summed E-state index contributed by atoms with van der Waals surface area (Å²) in [6.45, 7) is 1.30. The molecule has 0 aliphatic rings. The number of nitrogens with zero attached hydrogens (tertiary/aromatic N) is 1. The van der Waals surface area contributed by atoms with Gasteiger partial charge in [-0.3, -0.25) is 4.79 Å². The second-order valence-corrected chi connectivity index (χ2v) is 6.01. The van der Waals surface area contributed by atoms with Crippen molar-refractivity contribution < 1.29 is 14.2 Å². The van der Waals surface area contributed by atoms with Crippen LogP contribution in [-0.4, -0.2) is 12.5 Å². The summed E-state index contributed by atoms with van der Waals surface area (Å²) < 4.78 is 7.52. The van der Waals surface area contributed by atoms with Crippen molar-refractivity contribution in [2.45, 2.75) is 19.4 Å². The first-order chi connectivity index (χ1) is 12.8. The van der Waals surface area contributed by atoms with Gasteiger partial charge in [-0.1, -0.05) is 53.2 Å². The molecule has 0 saturated heterocycles. The van der Waals surface area contributed by atoms with Crippen LogP contribution < -0.4 is 10.1 Å². The van der Waals surface area contributed by atoms with Crippen molar-refractivity contribution in [3.8, 4) is 0 Å². The molecule has 1 aromatic heterocycles. The smallest absolute Gasteiger partial charge is 0.305 e. The normalized spacial score (nSPS) is 10.5. The van der Waals surface area contributed by atoms with Gasteiger partial charge >= 0.3 is 5.91 Å². The molecule has 3 rings (SSSR count). The van der Waals surface area contributed by atoms with E-state index in [2.05, 4.69) is 17.6 Å². The number of ether oxygens (including phenoxy) is 1. The summed E-state index contributed by atoms with van der Waals surface area (Å²) in [5.41, 5.74) is 5.79. The Morgan fingerprint density at radius 3 is 2.35 bits per heavy atom. The van der Waals surface area contributed by atoms with Crippen LogP contribution in [0.15, 0.2) is 85.1 Å². The highest BCUT2D eigenvalue weighted by Gasteiger charge is 2.14. The number of amides is 1. The van der Waals surface area contributed by atoms with Crippen LogP contribution in [0, 0.1) is 0 Å². The first-order valence-corrected chi connectivity index (χ1v) is 8.80. The molecule has 3 aromatic rings. The van der Waals surface area contributed by atoms with E-state index < -0.39 is 0 Å². The number of aromatic nitrogens is 1. The molecular formula is C22H23N2O2+. The molecule has 0 unspecified atom stereocenters. The minimum atomic E-state index is -0.122. The van der Waals surface area contributed by atoms with Gasteiger partial charge in [-0.25, -0.2) is 0 Å². The predicted octanol–water partition coefficient (Wildman–Crippen LogP) is 3.51. The zero-order valence-electron chi connectivity index (χ0n) is 14.7. The van der Waals surface area contributed by atoms with E-state index in [-0.39, 0.29) is 5.91 Å². The fourth-order valence-electron chi connectivity index (χ4n) is 2.67. The molecule has 0 aliphatic carbocycles. The highest BCUT2D eigenvalue weighted by Crippen LogP contribution is 2.03. The summed E-state index contributed by atoms with van der Waals surface area (Å²) in [6, 6.07) is 25.3. The van der Waals surface area contributed by atoms with Crippen molar-refractivity contribution in [3.05, 3.63) is 102 Å². The molecule has 1 N–H and O–H groups in total. The Balaban J connectivity index is 1.50. The molecule has 132 valence electrons. The highest BCUT2D eigenvalue weighted by molar-refractivity contribution is 5.98. The van der Waals surface area contributed by atoms with Gasteiger partial charge in [-0.05, 0) is 30.2 Å². The van der Waals surface area contributed by atoms with Gasteiger partial charge in [0, 0.05) is 30.7 Å². The number of benzene rings is 2. The number of aryl methyl sites for hydroxylation is 1. The fraction of sp³-hybridized carbons (Fsp3) is 0.182. The first-order valence-electron chi connectivity index (χ1n) is 8.80. The topological polar surface area (TPSA) is 42.2 Å². The third kappa shape index (κ3) is 5.26. The van der Waals surface area contributed by atoms with Crippen molar-refractivity contribution in [2.24, 2.45) is 0 Å². The van der Waals surface area contributed by atoms with Crippen LogP contribution in [-0.2, 0) is 17.8 Å². The van der Waals surface area contributed by atoms with Gasteiger partial charge in [0.25, 0.3) is 0 Å². The van der Waals surface area contributed by atoms with Crippen LogP contribution in [0.5, 0.6) is 0 Å². The molecule has 0 atom stereocenters. The molecule has 4 heteroatoms. The minimum Gasteiger partial charge on any atom is -0.377 e. The molecule has 1 heterocycles. The number of carbonyl (C=O) groups is 1. The van der Waals surface area contributed by atoms with Gasteiger partial charge in [-0.2, -0.15) is 0 Å². The van der Waals surface area contributed by atoms with E-state index >= 15 is 0 Å². The Hall–Kier alpha value is -2.98. The van der Waals surface area contributed by atoms with Crippen molar-refractivity contribution in [2.75, 3.05) is 12.0 Å². The standard InChI is InChI=1S/C22H22N2O2/c25-22(20-12-5-2-6-13-20)23-24-16-8-7-14-21(24)15-9-17-26-18-19-10-3-1-4-11-19/h1-8,10-14,16H,9,15,17-18H2/p+1. The summed E-state index contributed by atoms with van der Waals surface area (Å²) in [4.78, 5) is 12.3. The molecule has 0 bridgehead atoms. The first kappa shape index (κ1) is 17.8. The van der Waals surface area contributed by atoms with E-state index in [1.807, 2.05) is 60.8 Å². The van der Waals surface area contributed by atoms with E-state index in [1.165, 1.54) is 5.56 Å². The quantitative estimate of drug-likeness (QED) is 0.500. The van der Waals surface area contributed by atoms with Gasteiger partial charge in [0.05, 0.1) is 6.61 Å². The Labute approximate surface area is 154 Å². The Morgan fingerprint density at radius 1 is 0.885 bits per heavy atom. The monoisotopic (exact) mass is 347 g/mol. The summed E-state index contributed by atoms with van der Waals surface area (Å²) in [5, 5.41) is 0. The number of hydrogen-bond donors (Lipinski definition) is 1. The largest absolute Gasteiger partial charge is 0.377 e. The SMILES string of the molecule is O=C(N[n+]1ccccc1CCCOCc1ccccc1)c1ccccc1. The molecule has 26 heavy (non-hydrogen) atoms. The Morgan fingerprint density at radius 2 is 1.58 bits per heavy atom. The lowest BCUT2D eigenvalue weighted by atomic mass is 10.2. The third-order valence-corrected chi connectivity index (χ3v) is 4.04. The third-order valence-electron chi connectivity index (χ3n) is 4.04. The lowest BCUT2D eigenvalue weighted by Crippen LogP contribution is -2.51. The van der Waals surface area contributed by atoms with Gasteiger partial charge in [0.1, 0.15) is 0 Å². The van der Waals surface area contributed by atoms with Crippen molar-refractivity contribution >= 4 is 5.91 Å². The Bertz CT molecular complexity index is 820. The number of hydrogen-bond acceptors (Lipinski definition) is 2. The fourth-order valence-corrected chi connectivity index (χ4v) is 2.67. The lowest BCUT2D eigenvalue weighted by Gasteiger charge is -2.06. The van der Waals surface area contributed by atoms with Crippen molar-refractivity contribution in [1.82, 2.24) is 0 Å². The average molecular weight is 347 g/mol. The van der Waals surface area contributed by atoms with E-state index in [4.69, 9.17) is 4.74 Å². The van der Waals surface area contributed by atoms with E-state index in [0.717, 1.165) is 18.5 Å². The van der Waals surface area contributed by atoms with E-state index in [9.17, 15) is 4.79 Å². The average Bonchev–Trinajstić information content (AvgIpc) is 2.70. The van der Waals surface area contributed by atoms with Crippen LogP contribution in [0.1, 0.15) is 28.0 Å². The van der Waals surface area contributed by atoms with Gasteiger partial charge in [0.2, 0.25) is 5.69 Å². The maximum Gasteiger partial charge on any atom is 0.305 e. The summed E-state index contributed by atoms with van der Waals surface area (Å²) in [6.07, 6.45) is 3.57.